The highest BCUT2D eigenvalue weighted by molar-refractivity contribution is 5.96. The summed E-state index contributed by atoms with van der Waals surface area (Å²) in [6.07, 6.45) is 4.00. The highest BCUT2D eigenvalue weighted by Crippen LogP contribution is 2.35. The number of amides is 1. The van der Waals surface area contributed by atoms with Gasteiger partial charge in [0.05, 0.1) is 23.0 Å². The first-order valence-corrected chi connectivity index (χ1v) is 10.8. The number of anilines is 1. The first-order chi connectivity index (χ1) is 16.1. The molecule has 162 valence electrons. The zero-order valence-corrected chi connectivity index (χ0v) is 17.7. The highest BCUT2D eigenvalue weighted by Gasteiger charge is 2.31. The normalized spacial score (nSPS) is 16.7. The third-order valence-electron chi connectivity index (χ3n) is 6.43. The van der Waals surface area contributed by atoms with E-state index in [2.05, 4.69) is 33.0 Å². The summed E-state index contributed by atoms with van der Waals surface area (Å²) in [5, 5.41) is 23.0. The lowest BCUT2D eigenvalue weighted by Gasteiger charge is -2.19. The van der Waals surface area contributed by atoms with E-state index in [1.807, 2.05) is 47.1 Å². The van der Waals surface area contributed by atoms with E-state index in [0.29, 0.717) is 25.1 Å². The van der Waals surface area contributed by atoms with Crippen molar-refractivity contribution in [3.05, 3.63) is 72.2 Å². The Hall–Kier alpha value is -4.22. The highest BCUT2D eigenvalue weighted by atomic mass is 16.3. The number of fused-ring (bicyclic) bond motifs is 5. The van der Waals surface area contributed by atoms with E-state index in [9.17, 15) is 9.90 Å². The summed E-state index contributed by atoms with van der Waals surface area (Å²) in [4.78, 5) is 18.8. The molecule has 1 saturated heterocycles. The number of rotatable bonds is 3. The van der Waals surface area contributed by atoms with Crippen molar-refractivity contribution in [1.29, 1.82) is 5.26 Å². The van der Waals surface area contributed by atoms with Crippen molar-refractivity contribution in [3.8, 4) is 34.4 Å². The van der Waals surface area contributed by atoms with Crippen molar-refractivity contribution in [1.82, 2.24) is 19.3 Å². The molecule has 6 rings (SSSR count). The molecule has 1 N–H and O–H groups in total. The van der Waals surface area contributed by atoms with Gasteiger partial charge in [-0.25, -0.2) is 9.67 Å². The fourth-order valence-corrected chi connectivity index (χ4v) is 4.73. The zero-order chi connectivity index (χ0) is 22.5. The average molecular weight is 436 g/mol. The molecular formula is C25H20N6O2. The van der Waals surface area contributed by atoms with Gasteiger partial charge in [-0.1, -0.05) is 12.1 Å². The second kappa shape index (κ2) is 7.43. The number of carbonyl (C=O) groups is 1. The predicted octanol–water partition coefficient (Wildman–Crippen LogP) is 2.98. The number of nitriles is 1. The molecule has 0 radical (unpaired) electrons. The maximum Gasteiger partial charge on any atom is 0.227 e. The third kappa shape index (κ3) is 3.13. The van der Waals surface area contributed by atoms with Gasteiger partial charge in [-0.15, -0.1) is 0 Å². The van der Waals surface area contributed by atoms with E-state index < -0.39 is 0 Å². The van der Waals surface area contributed by atoms with E-state index >= 15 is 0 Å². The molecular weight excluding hydrogens is 416 g/mol. The average Bonchev–Trinajstić information content (AvgIpc) is 3.56. The van der Waals surface area contributed by atoms with Crippen molar-refractivity contribution in [2.24, 2.45) is 5.92 Å². The largest absolute Gasteiger partial charge is 0.396 e. The number of hydrogen-bond acceptors (Lipinski definition) is 5. The first kappa shape index (κ1) is 19.5. The maximum atomic E-state index is 12.5. The van der Waals surface area contributed by atoms with Gasteiger partial charge in [0.2, 0.25) is 5.91 Å². The van der Waals surface area contributed by atoms with Crippen molar-refractivity contribution >= 4 is 11.6 Å². The number of aliphatic hydroxyl groups is 1. The van der Waals surface area contributed by atoms with Crippen molar-refractivity contribution in [2.75, 3.05) is 18.1 Å². The van der Waals surface area contributed by atoms with Crippen LogP contribution in [0.2, 0.25) is 0 Å². The van der Waals surface area contributed by atoms with Gasteiger partial charge in [-0.05, 0) is 47.5 Å². The molecule has 4 aromatic rings. The Morgan fingerprint density at radius 2 is 1.97 bits per heavy atom. The smallest absolute Gasteiger partial charge is 0.227 e. The van der Waals surface area contributed by atoms with Crippen molar-refractivity contribution in [2.45, 2.75) is 13.0 Å². The van der Waals surface area contributed by atoms with Crippen molar-refractivity contribution in [3.63, 3.8) is 0 Å². The first-order valence-electron chi connectivity index (χ1n) is 10.8. The third-order valence-corrected chi connectivity index (χ3v) is 6.43. The SMILES string of the molecule is N#Cc1ccc(-c2cc3n(c2)Cc2cc(N4C[C@@H](CO)CC4=O)ccc2-n2ncnc2-3)cc1. The number of carbonyl (C=O) groups excluding carboxylic acids is 1. The summed E-state index contributed by atoms with van der Waals surface area (Å²) in [6.45, 7) is 1.14. The van der Waals surface area contributed by atoms with Crippen LogP contribution in [0.4, 0.5) is 5.69 Å². The number of aromatic nitrogens is 4. The lowest BCUT2D eigenvalue weighted by molar-refractivity contribution is -0.117. The van der Waals surface area contributed by atoms with Crippen LogP contribution in [0.1, 0.15) is 17.5 Å². The zero-order valence-electron chi connectivity index (χ0n) is 17.7. The van der Waals surface area contributed by atoms with E-state index in [-0.39, 0.29) is 18.4 Å². The molecule has 0 saturated carbocycles. The van der Waals surface area contributed by atoms with Gasteiger partial charge in [0.15, 0.2) is 5.82 Å². The Morgan fingerprint density at radius 1 is 1.12 bits per heavy atom. The van der Waals surface area contributed by atoms with Crippen LogP contribution in [0.5, 0.6) is 0 Å². The van der Waals surface area contributed by atoms with Crippen LogP contribution in [0.25, 0.3) is 28.3 Å². The van der Waals surface area contributed by atoms with Gasteiger partial charge in [0, 0.05) is 49.5 Å². The van der Waals surface area contributed by atoms with E-state index in [4.69, 9.17) is 5.26 Å². The minimum atomic E-state index is -0.0238. The summed E-state index contributed by atoms with van der Waals surface area (Å²) >= 11 is 0. The quantitative estimate of drug-likeness (QED) is 0.469. The molecule has 2 aliphatic rings. The minimum absolute atomic E-state index is 0.0142. The fourth-order valence-electron chi connectivity index (χ4n) is 4.73. The minimum Gasteiger partial charge on any atom is -0.396 e. The molecule has 1 amide bonds. The summed E-state index contributed by atoms with van der Waals surface area (Å²) in [6, 6.07) is 17.7. The lowest BCUT2D eigenvalue weighted by Crippen LogP contribution is -2.25. The number of hydrogen-bond donors (Lipinski definition) is 1. The van der Waals surface area contributed by atoms with Gasteiger partial charge in [0.1, 0.15) is 6.33 Å². The molecule has 8 heteroatoms. The molecule has 0 unspecified atom stereocenters. The monoisotopic (exact) mass is 436 g/mol. The summed E-state index contributed by atoms with van der Waals surface area (Å²) in [5.74, 6) is 0.761. The number of benzene rings is 2. The molecule has 1 atom stereocenters. The van der Waals surface area contributed by atoms with Gasteiger partial charge >= 0.3 is 0 Å². The molecule has 33 heavy (non-hydrogen) atoms. The van der Waals surface area contributed by atoms with Gasteiger partial charge in [-0.2, -0.15) is 10.4 Å². The molecule has 0 spiro atoms. The second-order valence-corrected chi connectivity index (χ2v) is 8.50. The molecule has 2 aromatic carbocycles. The van der Waals surface area contributed by atoms with E-state index in [0.717, 1.165) is 39.6 Å². The van der Waals surface area contributed by atoms with Crippen LogP contribution in [0.3, 0.4) is 0 Å². The lowest BCUT2D eigenvalue weighted by atomic mass is 10.1. The van der Waals surface area contributed by atoms with E-state index in [1.165, 1.54) is 0 Å². The van der Waals surface area contributed by atoms with Gasteiger partial charge in [-0.3, -0.25) is 4.79 Å². The van der Waals surface area contributed by atoms with Crippen LogP contribution in [0.15, 0.2) is 61.1 Å². The topological polar surface area (TPSA) is 100.0 Å². The Labute approximate surface area is 189 Å². The number of aliphatic hydroxyl groups excluding tert-OH is 1. The van der Waals surface area contributed by atoms with Crippen LogP contribution in [0, 0.1) is 17.2 Å². The molecule has 1 fully saturated rings. The standard InChI is InChI=1S/C25H20N6O2/c26-10-16-1-3-18(4-2-16)19-9-23-25-27-15-28-31(25)22-6-5-21(8-20(22)13-29(23)12-19)30-11-17(14-32)7-24(30)33/h1-6,8-9,12,15,17,32H,7,11,13-14H2/t17-/m0/s1. The molecule has 8 nitrogen and oxygen atoms in total. The van der Waals surface area contributed by atoms with Crippen molar-refractivity contribution < 1.29 is 9.90 Å². The Kier molecular flexibility index (Phi) is 4.38. The van der Waals surface area contributed by atoms with E-state index in [1.54, 1.807) is 11.2 Å². The second-order valence-electron chi connectivity index (χ2n) is 8.50. The summed E-state index contributed by atoms with van der Waals surface area (Å²) in [7, 11) is 0. The number of nitrogens with zero attached hydrogens (tertiary/aromatic N) is 6. The van der Waals surface area contributed by atoms with Crippen LogP contribution >= 0.6 is 0 Å². The van der Waals surface area contributed by atoms with Crippen LogP contribution < -0.4 is 4.90 Å². The molecule has 2 aromatic heterocycles. The Morgan fingerprint density at radius 3 is 2.73 bits per heavy atom. The predicted molar refractivity (Wildman–Crippen MR) is 122 cm³/mol. The maximum absolute atomic E-state index is 12.5. The van der Waals surface area contributed by atoms with Gasteiger partial charge < -0.3 is 14.6 Å². The molecule has 4 heterocycles. The fraction of sp³-hybridized carbons (Fsp3) is 0.200. The van der Waals surface area contributed by atoms with Crippen LogP contribution in [-0.4, -0.2) is 43.5 Å². The Bertz CT molecular complexity index is 1430. The molecule has 0 bridgehead atoms. The molecule has 0 aliphatic carbocycles. The Balaban J connectivity index is 1.43. The summed E-state index contributed by atoms with van der Waals surface area (Å²) in [5.41, 5.74) is 6.42. The van der Waals surface area contributed by atoms with Crippen LogP contribution in [-0.2, 0) is 11.3 Å². The molecule has 2 aliphatic heterocycles. The summed E-state index contributed by atoms with van der Waals surface area (Å²) < 4.78 is 3.98. The van der Waals surface area contributed by atoms with Gasteiger partial charge in [0.25, 0.3) is 0 Å².